The molecule has 0 radical (unpaired) electrons. The second kappa shape index (κ2) is 10.3. The Kier molecular flexibility index (Phi) is 7.09. The van der Waals surface area contributed by atoms with E-state index in [2.05, 4.69) is 18.7 Å². The molecule has 4 aliphatic rings. The van der Waals surface area contributed by atoms with E-state index in [1.165, 1.54) is 4.90 Å². The third-order valence-electron chi connectivity index (χ3n) is 7.98. The molecule has 2 saturated heterocycles. The number of amides is 2. The quantitative estimate of drug-likeness (QED) is 0.462. The summed E-state index contributed by atoms with van der Waals surface area (Å²) in [6, 6.07) is 6.80. The molecule has 5 rings (SSSR count). The van der Waals surface area contributed by atoms with Gasteiger partial charge in [0, 0.05) is 37.6 Å². The van der Waals surface area contributed by atoms with Gasteiger partial charge in [-0.05, 0) is 51.0 Å². The molecule has 1 spiro atoms. The Bertz CT molecular complexity index is 1100. The van der Waals surface area contributed by atoms with Crippen molar-refractivity contribution in [1.29, 1.82) is 0 Å². The first-order valence-corrected chi connectivity index (χ1v) is 13.2. The number of carbonyl (C=O) groups is 3. The molecule has 2 fully saturated rings. The molecule has 9 heteroatoms. The first kappa shape index (κ1) is 25.5. The topological polar surface area (TPSA) is 99.6 Å². The largest absolute Gasteiger partial charge is 0.465 e. The van der Waals surface area contributed by atoms with Crippen LogP contribution in [0.1, 0.15) is 26.7 Å². The van der Waals surface area contributed by atoms with Crippen LogP contribution in [-0.4, -0.2) is 84.9 Å². The minimum atomic E-state index is -1.32. The second-order valence-corrected chi connectivity index (χ2v) is 9.88. The van der Waals surface area contributed by atoms with Gasteiger partial charge in [-0.1, -0.05) is 24.3 Å². The SMILES string of the molecule is CCN(CC)c1ccc(N2CC=C[C@]34O[C@H]5/C=C\CCCOC(=O)[C@H]5[C@H]3C(=O)N(CCO)C4C2=O)cc1. The summed E-state index contributed by atoms with van der Waals surface area (Å²) in [6.45, 7) is 6.19. The fraction of sp³-hybridized carbons (Fsp3) is 0.536. The average Bonchev–Trinajstić information content (AvgIpc) is 3.30. The van der Waals surface area contributed by atoms with Gasteiger partial charge in [0.2, 0.25) is 5.91 Å². The fourth-order valence-electron chi connectivity index (χ4n) is 6.27. The molecule has 198 valence electrons. The molecule has 4 aliphatic heterocycles. The number of aliphatic hydroxyl groups is 1. The van der Waals surface area contributed by atoms with Crippen molar-refractivity contribution < 1.29 is 29.0 Å². The first-order valence-electron chi connectivity index (χ1n) is 13.2. The zero-order valence-corrected chi connectivity index (χ0v) is 21.4. The predicted molar refractivity (Wildman–Crippen MR) is 138 cm³/mol. The Labute approximate surface area is 217 Å². The van der Waals surface area contributed by atoms with E-state index in [9.17, 15) is 19.5 Å². The lowest BCUT2D eigenvalue weighted by atomic mass is 9.78. The van der Waals surface area contributed by atoms with Gasteiger partial charge in [0.1, 0.15) is 17.6 Å². The van der Waals surface area contributed by atoms with Crippen molar-refractivity contribution in [2.45, 2.75) is 44.4 Å². The van der Waals surface area contributed by atoms with Crippen molar-refractivity contribution >= 4 is 29.2 Å². The molecule has 2 amide bonds. The molecule has 1 aromatic carbocycles. The van der Waals surface area contributed by atoms with E-state index < -0.39 is 35.6 Å². The monoisotopic (exact) mass is 509 g/mol. The fourth-order valence-corrected chi connectivity index (χ4v) is 6.27. The molecule has 1 N–H and O–H groups in total. The van der Waals surface area contributed by atoms with E-state index in [1.54, 1.807) is 11.0 Å². The summed E-state index contributed by atoms with van der Waals surface area (Å²) in [5, 5.41) is 9.78. The van der Waals surface area contributed by atoms with Crippen LogP contribution in [0.15, 0.2) is 48.6 Å². The molecule has 5 atom stereocenters. The Balaban J connectivity index is 1.54. The number of carbonyl (C=O) groups excluding carboxylic acids is 3. The Morgan fingerprint density at radius 2 is 1.84 bits per heavy atom. The zero-order chi connectivity index (χ0) is 26.2. The minimum Gasteiger partial charge on any atom is -0.465 e. The number of cyclic esters (lactones) is 1. The highest BCUT2D eigenvalue weighted by atomic mass is 16.6. The van der Waals surface area contributed by atoms with E-state index in [0.29, 0.717) is 18.7 Å². The van der Waals surface area contributed by atoms with Crippen LogP contribution in [0.5, 0.6) is 0 Å². The van der Waals surface area contributed by atoms with Gasteiger partial charge in [-0.25, -0.2) is 0 Å². The van der Waals surface area contributed by atoms with Crippen LogP contribution in [0.25, 0.3) is 0 Å². The maximum atomic E-state index is 14.2. The summed E-state index contributed by atoms with van der Waals surface area (Å²) < 4.78 is 12.0. The standard InChI is InChI=1S/C28H35N3O6/c1-3-29(4-2)19-10-12-20(13-11-19)30-15-8-14-28-23(25(33)31(16-17-32)24(28)26(30)34)22-21(37-28)9-6-5-7-18-36-27(22)35/h6,8-14,21-24,32H,3-5,7,15-18H2,1-2H3/b9-6-/t21-,22+,23-,24?,28-/m0/s1. The number of ether oxygens (including phenoxy) is 2. The number of rotatable bonds is 6. The molecule has 37 heavy (non-hydrogen) atoms. The summed E-state index contributed by atoms with van der Waals surface area (Å²) in [5.74, 6) is -2.91. The van der Waals surface area contributed by atoms with Crippen molar-refractivity contribution in [2.75, 3.05) is 49.2 Å². The number of esters is 1. The van der Waals surface area contributed by atoms with Gasteiger partial charge in [0.25, 0.3) is 5.91 Å². The molecule has 1 unspecified atom stereocenters. The van der Waals surface area contributed by atoms with E-state index in [-0.39, 0.29) is 31.6 Å². The molecular weight excluding hydrogens is 474 g/mol. The maximum Gasteiger partial charge on any atom is 0.312 e. The van der Waals surface area contributed by atoms with E-state index in [0.717, 1.165) is 25.2 Å². The normalized spacial score (nSPS) is 32.0. The van der Waals surface area contributed by atoms with Crippen LogP contribution in [-0.2, 0) is 23.9 Å². The Morgan fingerprint density at radius 1 is 1.08 bits per heavy atom. The maximum absolute atomic E-state index is 14.2. The number of aliphatic hydroxyl groups excluding tert-OH is 1. The van der Waals surface area contributed by atoms with Gasteiger partial charge in [-0.3, -0.25) is 14.4 Å². The summed E-state index contributed by atoms with van der Waals surface area (Å²) >= 11 is 0. The van der Waals surface area contributed by atoms with Crippen molar-refractivity contribution in [3.05, 3.63) is 48.6 Å². The van der Waals surface area contributed by atoms with E-state index >= 15 is 0 Å². The predicted octanol–water partition coefficient (Wildman–Crippen LogP) is 1.90. The van der Waals surface area contributed by atoms with Gasteiger partial charge in [0.15, 0.2) is 0 Å². The van der Waals surface area contributed by atoms with Crippen LogP contribution < -0.4 is 9.80 Å². The van der Waals surface area contributed by atoms with Crippen molar-refractivity contribution in [1.82, 2.24) is 4.90 Å². The van der Waals surface area contributed by atoms with Gasteiger partial charge >= 0.3 is 5.97 Å². The molecule has 0 aliphatic carbocycles. The van der Waals surface area contributed by atoms with E-state index in [4.69, 9.17) is 9.47 Å². The van der Waals surface area contributed by atoms with Gasteiger partial charge in [-0.15, -0.1) is 0 Å². The highest BCUT2D eigenvalue weighted by Crippen LogP contribution is 2.53. The summed E-state index contributed by atoms with van der Waals surface area (Å²) in [6.07, 6.45) is 8.18. The van der Waals surface area contributed by atoms with Gasteiger partial charge in [-0.2, -0.15) is 0 Å². The van der Waals surface area contributed by atoms with Crippen LogP contribution >= 0.6 is 0 Å². The number of β-amino-alcohol motifs (C(OH)–C–C–N with tert-alkyl or cyclic N) is 1. The Morgan fingerprint density at radius 3 is 2.54 bits per heavy atom. The number of anilines is 2. The van der Waals surface area contributed by atoms with Crippen LogP contribution in [0, 0.1) is 11.8 Å². The number of fused-ring (bicyclic) bond motifs is 2. The molecule has 1 aromatic rings. The number of likely N-dealkylation sites (tertiary alicyclic amines) is 1. The van der Waals surface area contributed by atoms with E-state index in [1.807, 2.05) is 42.5 Å². The highest BCUT2D eigenvalue weighted by Gasteiger charge is 2.71. The lowest BCUT2D eigenvalue weighted by Crippen LogP contribution is -2.55. The van der Waals surface area contributed by atoms with Crippen LogP contribution in [0.4, 0.5) is 11.4 Å². The molecular formula is C28H35N3O6. The van der Waals surface area contributed by atoms with Crippen molar-refractivity contribution in [2.24, 2.45) is 11.8 Å². The van der Waals surface area contributed by atoms with Gasteiger partial charge < -0.3 is 29.3 Å². The number of nitrogens with zero attached hydrogens (tertiary/aromatic N) is 3. The minimum absolute atomic E-state index is 0.0261. The van der Waals surface area contributed by atoms with Crippen LogP contribution in [0.3, 0.4) is 0 Å². The zero-order valence-electron chi connectivity index (χ0n) is 21.4. The third-order valence-corrected chi connectivity index (χ3v) is 7.98. The summed E-state index contributed by atoms with van der Waals surface area (Å²) in [5.41, 5.74) is 0.455. The molecule has 4 heterocycles. The average molecular weight is 510 g/mol. The molecule has 0 aromatic heterocycles. The second-order valence-electron chi connectivity index (χ2n) is 9.88. The molecule has 9 nitrogen and oxygen atoms in total. The van der Waals surface area contributed by atoms with Crippen molar-refractivity contribution in [3.63, 3.8) is 0 Å². The number of benzene rings is 1. The Hall–Kier alpha value is -3.17. The first-order chi connectivity index (χ1) is 18.0. The number of hydrogen-bond acceptors (Lipinski definition) is 7. The molecule has 0 bridgehead atoms. The lowest BCUT2D eigenvalue weighted by molar-refractivity contribution is -0.154. The van der Waals surface area contributed by atoms with Crippen LogP contribution in [0.2, 0.25) is 0 Å². The summed E-state index contributed by atoms with van der Waals surface area (Å²) in [7, 11) is 0. The lowest BCUT2D eigenvalue weighted by Gasteiger charge is -2.35. The number of hydrogen-bond donors (Lipinski definition) is 1. The third kappa shape index (κ3) is 4.14. The smallest absolute Gasteiger partial charge is 0.312 e. The van der Waals surface area contributed by atoms with Gasteiger partial charge in [0.05, 0.1) is 25.2 Å². The highest BCUT2D eigenvalue weighted by molar-refractivity contribution is 6.05. The molecule has 0 saturated carbocycles. The number of allylic oxidation sites excluding steroid dienone is 1. The summed E-state index contributed by atoms with van der Waals surface area (Å²) in [4.78, 5) is 46.4. The van der Waals surface area contributed by atoms with Crippen molar-refractivity contribution in [3.8, 4) is 0 Å².